The zero-order valence-electron chi connectivity index (χ0n) is 7.30. The normalized spacial score (nSPS) is 8.15. The van der Waals surface area contributed by atoms with Crippen LogP contribution >= 0.6 is 0 Å². The molecule has 0 aliphatic carbocycles. The molecule has 1 heterocycles. The van der Waals surface area contributed by atoms with Gasteiger partial charge in [-0.05, 0) is 4.92 Å². The lowest BCUT2D eigenvalue weighted by Crippen LogP contribution is -2.06. The zero-order valence-corrected chi connectivity index (χ0v) is 7.30. The number of rotatable bonds is 2. The van der Waals surface area contributed by atoms with Crippen LogP contribution in [0.1, 0.15) is 0 Å². The van der Waals surface area contributed by atoms with Gasteiger partial charge in [-0.15, -0.1) is 0 Å². The Balaban J connectivity index is 0.000000252. The lowest BCUT2D eigenvalue weighted by molar-refractivity contribution is -0.393. The molecule has 7 nitrogen and oxygen atoms in total. The fraction of sp³-hybridized carbons (Fsp3) is 0.333. The predicted octanol–water partition coefficient (Wildman–Crippen LogP) is 0.0223. The second-order valence-electron chi connectivity index (χ2n) is 2.24. The first-order chi connectivity index (χ1) is 6.07. The van der Waals surface area contributed by atoms with Gasteiger partial charge in [0.05, 0.1) is 6.20 Å². The van der Waals surface area contributed by atoms with Gasteiger partial charge in [-0.25, -0.2) is 4.98 Å². The molecule has 72 valence electrons. The number of carbonyl (C=O) groups excluding carboxylic acids is 1. The SMILES string of the molecule is CN(C)C=O.O=[N+]([O-])c1ncc[nH]1. The topological polar surface area (TPSA) is 92.1 Å². The molecule has 7 heteroatoms. The molecule has 0 aliphatic heterocycles. The maximum atomic E-state index is 9.77. The molecule has 0 aliphatic rings. The maximum absolute atomic E-state index is 9.77. The molecule has 0 aromatic carbocycles. The number of carbonyl (C=O) groups is 1. The Kier molecular flexibility index (Phi) is 4.85. The van der Waals surface area contributed by atoms with Gasteiger partial charge in [0.2, 0.25) is 6.41 Å². The standard InChI is InChI=1S/C3H3N3O2.C3H7NO/c7-6(8)3-4-1-2-5-3;1-4(2)3-5/h1-2H,(H,4,5);3H,1-2H3. The van der Waals surface area contributed by atoms with Crippen LogP contribution in [0.2, 0.25) is 0 Å². The Morgan fingerprint density at radius 3 is 2.38 bits per heavy atom. The van der Waals surface area contributed by atoms with Gasteiger partial charge in [-0.3, -0.25) is 4.79 Å². The summed E-state index contributed by atoms with van der Waals surface area (Å²) in [6.45, 7) is 0. The van der Waals surface area contributed by atoms with Crippen LogP contribution in [0.5, 0.6) is 0 Å². The number of hydrogen-bond donors (Lipinski definition) is 1. The fourth-order valence-corrected chi connectivity index (χ4v) is 0.357. The van der Waals surface area contributed by atoms with Gasteiger partial charge in [0.25, 0.3) is 0 Å². The Morgan fingerprint density at radius 1 is 1.69 bits per heavy atom. The van der Waals surface area contributed by atoms with Crippen molar-refractivity contribution >= 4 is 12.4 Å². The van der Waals surface area contributed by atoms with Crippen LogP contribution < -0.4 is 0 Å². The van der Waals surface area contributed by atoms with E-state index in [1.54, 1.807) is 14.1 Å². The van der Waals surface area contributed by atoms with E-state index in [0.29, 0.717) is 0 Å². The number of aromatic amines is 1. The summed E-state index contributed by atoms with van der Waals surface area (Å²) in [5, 5.41) is 9.77. The van der Waals surface area contributed by atoms with Gasteiger partial charge in [0.15, 0.2) is 0 Å². The minimum atomic E-state index is -0.583. The van der Waals surface area contributed by atoms with Gasteiger partial charge >= 0.3 is 5.95 Å². The lowest BCUT2D eigenvalue weighted by Gasteiger charge is -1.93. The molecule has 0 unspecified atom stereocenters. The molecule has 1 amide bonds. The first-order valence-corrected chi connectivity index (χ1v) is 3.33. The number of aromatic nitrogens is 2. The monoisotopic (exact) mass is 186 g/mol. The summed E-state index contributed by atoms with van der Waals surface area (Å²) in [4.78, 5) is 25.8. The van der Waals surface area contributed by atoms with Crippen LogP contribution in [0.3, 0.4) is 0 Å². The molecular weight excluding hydrogens is 176 g/mol. The molecule has 0 saturated carbocycles. The molecule has 1 N–H and O–H groups in total. The Bertz CT molecular complexity index is 257. The van der Waals surface area contributed by atoms with Crippen molar-refractivity contribution in [1.29, 1.82) is 0 Å². The van der Waals surface area contributed by atoms with Crippen molar-refractivity contribution in [3.63, 3.8) is 0 Å². The third-order valence-electron chi connectivity index (χ3n) is 0.868. The van der Waals surface area contributed by atoms with Gasteiger partial charge in [0, 0.05) is 14.1 Å². The Morgan fingerprint density at radius 2 is 2.23 bits per heavy atom. The highest BCUT2D eigenvalue weighted by Gasteiger charge is 2.01. The number of hydrogen-bond acceptors (Lipinski definition) is 4. The van der Waals surface area contributed by atoms with E-state index in [0.717, 1.165) is 6.41 Å². The van der Waals surface area contributed by atoms with E-state index in [9.17, 15) is 14.9 Å². The number of imidazole rings is 1. The van der Waals surface area contributed by atoms with E-state index in [1.165, 1.54) is 17.3 Å². The van der Waals surface area contributed by atoms with Crippen LogP contribution in [0, 0.1) is 10.1 Å². The van der Waals surface area contributed by atoms with Gasteiger partial charge in [0.1, 0.15) is 6.20 Å². The summed E-state index contributed by atoms with van der Waals surface area (Å²) in [5.41, 5.74) is 0. The number of nitro groups is 1. The third-order valence-corrected chi connectivity index (χ3v) is 0.868. The molecule has 1 aromatic heterocycles. The number of H-pyrrole nitrogens is 1. The Hall–Kier alpha value is -1.92. The van der Waals surface area contributed by atoms with Crippen molar-refractivity contribution in [1.82, 2.24) is 14.9 Å². The molecule has 0 bridgehead atoms. The predicted molar refractivity (Wildman–Crippen MR) is 45.0 cm³/mol. The van der Waals surface area contributed by atoms with E-state index in [2.05, 4.69) is 9.97 Å². The van der Waals surface area contributed by atoms with Crippen LogP contribution in [0.15, 0.2) is 12.4 Å². The molecule has 0 atom stereocenters. The number of nitrogens with one attached hydrogen (secondary N) is 1. The molecule has 0 fully saturated rings. The summed E-state index contributed by atoms with van der Waals surface area (Å²) < 4.78 is 0. The molecule has 13 heavy (non-hydrogen) atoms. The smallest absolute Gasteiger partial charge is 0.390 e. The highest BCUT2D eigenvalue weighted by atomic mass is 16.6. The van der Waals surface area contributed by atoms with Crippen LogP contribution in [0.25, 0.3) is 0 Å². The maximum Gasteiger partial charge on any atom is 0.432 e. The number of nitrogens with zero attached hydrogens (tertiary/aromatic N) is 3. The minimum absolute atomic E-state index is 0.218. The molecule has 0 spiro atoms. The summed E-state index contributed by atoms with van der Waals surface area (Å²) >= 11 is 0. The Labute approximate surface area is 74.5 Å². The van der Waals surface area contributed by atoms with Crippen molar-refractivity contribution in [3.8, 4) is 0 Å². The van der Waals surface area contributed by atoms with Crippen molar-refractivity contribution in [3.05, 3.63) is 22.5 Å². The van der Waals surface area contributed by atoms with E-state index >= 15 is 0 Å². The quantitative estimate of drug-likeness (QED) is 0.400. The van der Waals surface area contributed by atoms with Crippen LogP contribution in [0.4, 0.5) is 5.95 Å². The first-order valence-electron chi connectivity index (χ1n) is 3.33. The molecule has 0 radical (unpaired) electrons. The third kappa shape index (κ3) is 5.36. The van der Waals surface area contributed by atoms with E-state index in [1.807, 2.05) is 0 Å². The second kappa shape index (κ2) is 5.70. The van der Waals surface area contributed by atoms with E-state index in [4.69, 9.17) is 0 Å². The average Bonchev–Trinajstić information content (AvgIpc) is 2.57. The van der Waals surface area contributed by atoms with Gasteiger partial charge < -0.3 is 15.0 Å². The van der Waals surface area contributed by atoms with Gasteiger partial charge in [-0.1, -0.05) is 4.98 Å². The van der Waals surface area contributed by atoms with Crippen LogP contribution in [-0.2, 0) is 4.79 Å². The molecular formula is C6H10N4O3. The lowest BCUT2D eigenvalue weighted by atomic mass is 11.0. The van der Waals surface area contributed by atoms with Crippen molar-refractivity contribution in [2.24, 2.45) is 0 Å². The van der Waals surface area contributed by atoms with Crippen molar-refractivity contribution in [2.45, 2.75) is 0 Å². The first kappa shape index (κ1) is 11.1. The van der Waals surface area contributed by atoms with E-state index in [-0.39, 0.29) is 5.95 Å². The second-order valence-corrected chi connectivity index (χ2v) is 2.24. The summed E-state index contributed by atoms with van der Waals surface area (Å²) in [7, 11) is 3.38. The highest BCUT2D eigenvalue weighted by molar-refractivity contribution is 5.45. The van der Waals surface area contributed by atoms with Gasteiger partial charge in [-0.2, -0.15) is 0 Å². The average molecular weight is 186 g/mol. The molecule has 0 saturated heterocycles. The minimum Gasteiger partial charge on any atom is -0.390 e. The summed E-state index contributed by atoms with van der Waals surface area (Å²) in [6, 6.07) is 0. The zero-order chi connectivity index (χ0) is 10.3. The highest BCUT2D eigenvalue weighted by Crippen LogP contribution is 1.96. The molecule has 1 rings (SSSR count). The largest absolute Gasteiger partial charge is 0.432 e. The van der Waals surface area contributed by atoms with Crippen molar-refractivity contribution in [2.75, 3.05) is 14.1 Å². The molecule has 1 aromatic rings. The summed E-state index contributed by atoms with van der Waals surface area (Å²) in [5.74, 6) is -0.218. The summed E-state index contributed by atoms with van der Waals surface area (Å²) in [6.07, 6.45) is 3.48. The van der Waals surface area contributed by atoms with E-state index < -0.39 is 4.92 Å². The number of amides is 1. The van der Waals surface area contributed by atoms with Crippen LogP contribution in [-0.4, -0.2) is 40.3 Å². The fourth-order valence-electron chi connectivity index (χ4n) is 0.357. The van der Waals surface area contributed by atoms with Crippen molar-refractivity contribution < 1.29 is 9.72 Å².